The summed E-state index contributed by atoms with van der Waals surface area (Å²) in [5, 5.41) is 15.3. The lowest BCUT2D eigenvalue weighted by Gasteiger charge is -2.30. The van der Waals surface area contributed by atoms with Crippen molar-refractivity contribution in [3.63, 3.8) is 0 Å². The van der Waals surface area contributed by atoms with Crippen molar-refractivity contribution in [2.45, 2.75) is 63.1 Å². The van der Waals surface area contributed by atoms with E-state index in [4.69, 9.17) is 11.5 Å². The van der Waals surface area contributed by atoms with Gasteiger partial charge in [0.1, 0.15) is 12.1 Å². The number of carbonyl (C=O) groups is 3. The summed E-state index contributed by atoms with van der Waals surface area (Å²) < 4.78 is 14.2. The van der Waals surface area contributed by atoms with Crippen LogP contribution in [0.5, 0.6) is 0 Å². The molecule has 216 valence electrons. The average Bonchev–Trinajstić information content (AvgIpc) is 3.40. The minimum Gasteiger partial charge on any atom is -0.480 e. The molecule has 0 spiro atoms. The lowest BCUT2D eigenvalue weighted by molar-refractivity contribution is -0.144. The smallest absolute Gasteiger partial charge is 0.326 e. The molecule has 3 rings (SSSR count). The fourth-order valence-electron chi connectivity index (χ4n) is 4.89. The highest BCUT2D eigenvalue weighted by atomic mass is 31.2. The molecule has 3 atom stereocenters. The molecule has 2 amide bonds. The zero-order valence-corrected chi connectivity index (χ0v) is 23.6. The molecule has 2 aromatic rings. The van der Waals surface area contributed by atoms with Gasteiger partial charge in [0.25, 0.3) is 0 Å². The van der Waals surface area contributed by atoms with Crippen molar-refractivity contribution in [3.05, 3.63) is 71.8 Å². The van der Waals surface area contributed by atoms with Crippen LogP contribution in [0.4, 0.5) is 0 Å². The molecule has 0 radical (unpaired) electrons. The van der Waals surface area contributed by atoms with E-state index < -0.39 is 37.3 Å². The molecule has 11 nitrogen and oxygen atoms in total. The van der Waals surface area contributed by atoms with Crippen molar-refractivity contribution in [1.29, 1.82) is 0 Å². The Balaban J connectivity index is 1.69. The Morgan fingerprint density at radius 3 is 2.15 bits per heavy atom. The molecule has 12 heteroatoms. The van der Waals surface area contributed by atoms with Gasteiger partial charge in [-0.2, -0.15) is 0 Å². The summed E-state index contributed by atoms with van der Waals surface area (Å²) in [6.07, 6.45) is 2.05. The van der Waals surface area contributed by atoms with Gasteiger partial charge in [0, 0.05) is 25.4 Å². The maximum Gasteiger partial charge on any atom is 0.326 e. The summed E-state index contributed by atoms with van der Waals surface area (Å²) in [6, 6.07) is 16.2. The van der Waals surface area contributed by atoms with Gasteiger partial charge in [-0.3, -0.25) is 19.7 Å². The van der Waals surface area contributed by atoms with E-state index in [9.17, 15) is 24.1 Å². The highest BCUT2D eigenvalue weighted by molar-refractivity contribution is 7.60. The largest absolute Gasteiger partial charge is 0.480 e. The van der Waals surface area contributed by atoms with Gasteiger partial charge in [-0.1, -0.05) is 60.7 Å². The number of nitrogens with zero attached hydrogens (tertiary/aromatic N) is 2. The predicted octanol–water partition coefficient (Wildman–Crippen LogP) is 2.26. The van der Waals surface area contributed by atoms with Gasteiger partial charge < -0.3 is 31.4 Å². The molecule has 1 saturated heterocycles. The van der Waals surface area contributed by atoms with Gasteiger partial charge in [-0.05, 0) is 43.7 Å². The first-order chi connectivity index (χ1) is 19.1. The molecule has 0 saturated carbocycles. The van der Waals surface area contributed by atoms with Gasteiger partial charge in [0.05, 0.1) is 6.04 Å². The number of aliphatic carboxylic acids is 1. The van der Waals surface area contributed by atoms with Gasteiger partial charge >= 0.3 is 5.97 Å². The second-order valence-electron chi connectivity index (χ2n) is 10.1. The summed E-state index contributed by atoms with van der Waals surface area (Å²) in [4.78, 5) is 43.7. The number of carboxylic acid groups (broad SMARTS) is 1. The van der Waals surface area contributed by atoms with Crippen molar-refractivity contribution in [3.8, 4) is 0 Å². The third-order valence-electron chi connectivity index (χ3n) is 6.76. The molecular weight excluding hydrogens is 531 g/mol. The maximum absolute atomic E-state index is 14.2. The number of carboxylic acids is 1. The van der Waals surface area contributed by atoms with Gasteiger partial charge in [0.15, 0.2) is 13.3 Å². The Kier molecular flexibility index (Phi) is 11.3. The number of hydrogen-bond acceptors (Lipinski definition) is 5. The molecule has 1 aliphatic heterocycles. The van der Waals surface area contributed by atoms with Crippen LogP contribution in [0.3, 0.4) is 0 Å². The summed E-state index contributed by atoms with van der Waals surface area (Å²) in [5.41, 5.74) is 12.4. The van der Waals surface area contributed by atoms with Crippen LogP contribution in [-0.2, 0) is 31.3 Å². The average molecular weight is 571 g/mol. The van der Waals surface area contributed by atoms with E-state index in [1.165, 1.54) is 4.90 Å². The summed E-state index contributed by atoms with van der Waals surface area (Å²) in [5.74, 6) is -2.13. The first-order valence-electron chi connectivity index (χ1n) is 13.4. The molecule has 1 fully saturated rings. The minimum absolute atomic E-state index is 0.0872. The molecule has 40 heavy (non-hydrogen) atoms. The van der Waals surface area contributed by atoms with Gasteiger partial charge in [-0.25, -0.2) is 4.79 Å². The molecule has 0 aromatic heterocycles. The van der Waals surface area contributed by atoms with Crippen molar-refractivity contribution in [1.82, 2.24) is 15.3 Å². The van der Waals surface area contributed by atoms with E-state index in [0.29, 0.717) is 25.8 Å². The Morgan fingerprint density at radius 2 is 1.62 bits per heavy atom. The van der Waals surface area contributed by atoms with Crippen molar-refractivity contribution in [2.75, 3.05) is 13.1 Å². The molecule has 0 aliphatic carbocycles. The minimum atomic E-state index is -3.12. The Morgan fingerprint density at radius 1 is 1.05 bits per heavy atom. The van der Waals surface area contributed by atoms with Crippen molar-refractivity contribution >= 4 is 31.0 Å². The number of aliphatic imine (C=N–C) groups is 1. The SMILES string of the molecule is C[C@H](NP(=O)(Cc1ccccc1)Cc1ccccc1)C(=O)N1CCC[C@H]1C(=O)N[C@@H](CCCN=C(N)N)C(=O)O. The van der Waals surface area contributed by atoms with Crippen LogP contribution < -0.4 is 21.9 Å². The molecule has 0 bridgehead atoms. The maximum atomic E-state index is 14.2. The number of nitrogens with one attached hydrogen (secondary N) is 2. The lowest BCUT2D eigenvalue weighted by Crippen LogP contribution is -2.53. The normalized spacial score (nSPS) is 16.6. The summed E-state index contributed by atoms with van der Waals surface area (Å²) >= 11 is 0. The molecular formula is C28H39N6O5P. The van der Waals surface area contributed by atoms with Crippen LogP contribution >= 0.6 is 7.29 Å². The van der Waals surface area contributed by atoms with Crippen LogP contribution in [0, 0.1) is 0 Å². The fraction of sp³-hybridized carbons (Fsp3) is 0.429. The zero-order chi connectivity index (χ0) is 29.1. The predicted molar refractivity (Wildman–Crippen MR) is 155 cm³/mol. The molecule has 1 heterocycles. The third kappa shape index (κ3) is 9.20. The monoisotopic (exact) mass is 570 g/mol. The Bertz CT molecular complexity index is 1180. The van der Waals surface area contributed by atoms with Gasteiger partial charge in [-0.15, -0.1) is 0 Å². The number of hydrogen-bond donors (Lipinski definition) is 5. The van der Waals surface area contributed by atoms with Crippen molar-refractivity contribution < 1.29 is 24.1 Å². The first kappa shape index (κ1) is 30.8. The van der Waals surface area contributed by atoms with Gasteiger partial charge in [0.2, 0.25) is 11.8 Å². The number of likely N-dealkylation sites (tertiary alicyclic amines) is 1. The lowest BCUT2D eigenvalue weighted by atomic mass is 10.1. The Hall–Kier alpha value is -3.69. The number of carbonyl (C=O) groups excluding carboxylic acids is 2. The molecule has 7 N–H and O–H groups in total. The molecule has 0 unspecified atom stereocenters. The van der Waals surface area contributed by atoms with E-state index >= 15 is 0 Å². The standard InChI is InChI=1S/C28H39N6O5P/c1-20(33-40(39,18-21-10-4-2-5-11-21)19-22-12-6-3-7-13-22)26(36)34-17-9-15-24(34)25(35)32-23(27(37)38)14-8-16-31-28(29)30/h2-7,10-13,20,23-24H,8-9,14-19H2,1H3,(H,32,35)(H,33,39)(H,37,38)(H4,29,30,31)/t20-,23-,24-/m0/s1. The van der Waals surface area contributed by atoms with Crippen molar-refractivity contribution in [2.24, 2.45) is 16.5 Å². The number of nitrogens with two attached hydrogens (primary N) is 2. The zero-order valence-electron chi connectivity index (χ0n) is 22.7. The van der Waals surface area contributed by atoms with Crippen LogP contribution in [0.15, 0.2) is 65.7 Å². The van der Waals surface area contributed by atoms with E-state index in [2.05, 4.69) is 15.4 Å². The fourth-order valence-corrected chi connectivity index (χ4v) is 7.60. The Labute approximate surface area is 234 Å². The number of rotatable bonds is 14. The van der Waals surface area contributed by atoms with Crippen LogP contribution in [0.1, 0.15) is 43.7 Å². The number of amides is 2. The van der Waals surface area contributed by atoms with Crippen LogP contribution in [0.2, 0.25) is 0 Å². The molecule has 1 aliphatic rings. The number of guanidine groups is 1. The first-order valence-corrected chi connectivity index (χ1v) is 15.5. The second kappa shape index (κ2) is 14.6. The summed E-state index contributed by atoms with van der Waals surface area (Å²) in [7, 11) is -3.12. The van der Waals surface area contributed by atoms with E-state index in [0.717, 1.165) is 11.1 Å². The third-order valence-corrected chi connectivity index (χ3v) is 9.37. The topological polar surface area (TPSA) is 180 Å². The highest BCUT2D eigenvalue weighted by Gasteiger charge is 2.39. The second-order valence-corrected chi connectivity index (χ2v) is 12.7. The van der Waals surface area contributed by atoms with Crippen LogP contribution in [-0.4, -0.2) is 65.0 Å². The van der Waals surface area contributed by atoms with E-state index in [-0.39, 0.29) is 37.2 Å². The van der Waals surface area contributed by atoms with E-state index in [1.807, 2.05) is 60.7 Å². The molecule has 2 aromatic carbocycles. The highest BCUT2D eigenvalue weighted by Crippen LogP contribution is 2.49. The quantitative estimate of drug-likeness (QED) is 0.0992. The number of benzene rings is 2. The van der Waals surface area contributed by atoms with Crippen LogP contribution in [0.25, 0.3) is 0 Å². The van der Waals surface area contributed by atoms with E-state index in [1.54, 1.807) is 6.92 Å². The summed E-state index contributed by atoms with van der Waals surface area (Å²) in [6.45, 7) is 2.25.